The van der Waals surface area contributed by atoms with Crippen LogP contribution in [0.3, 0.4) is 0 Å². The van der Waals surface area contributed by atoms with Crippen LogP contribution in [0.15, 0.2) is 6.20 Å². The van der Waals surface area contributed by atoms with Gasteiger partial charge in [-0.25, -0.2) is 4.98 Å². The van der Waals surface area contributed by atoms with E-state index in [2.05, 4.69) is 4.98 Å². The van der Waals surface area contributed by atoms with Crippen molar-refractivity contribution in [1.29, 1.82) is 0 Å². The summed E-state index contributed by atoms with van der Waals surface area (Å²) in [6.07, 6.45) is 1.93. The van der Waals surface area contributed by atoms with Gasteiger partial charge in [-0.15, -0.1) is 11.6 Å². The first kappa shape index (κ1) is 9.24. The third-order valence-electron chi connectivity index (χ3n) is 1.77. The van der Waals surface area contributed by atoms with Crippen LogP contribution in [0.1, 0.15) is 6.42 Å². The molecule has 1 saturated heterocycles. The number of anilines is 1. The summed E-state index contributed by atoms with van der Waals surface area (Å²) >= 11 is 12.8. The van der Waals surface area contributed by atoms with Gasteiger partial charge >= 0.3 is 0 Å². The fraction of sp³-hybridized carbons (Fsp3) is 0.429. The van der Waals surface area contributed by atoms with Gasteiger partial charge in [0.1, 0.15) is 4.34 Å². The highest BCUT2D eigenvalue weighted by atomic mass is 35.5. The van der Waals surface area contributed by atoms with Crippen molar-refractivity contribution in [1.82, 2.24) is 4.98 Å². The molecule has 70 valence electrons. The van der Waals surface area contributed by atoms with Crippen molar-refractivity contribution in [3.63, 3.8) is 0 Å². The molecule has 0 bridgehead atoms. The van der Waals surface area contributed by atoms with Crippen molar-refractivity contribution < 1.29 is 4.79 Å². The maximum Gasteiger partial charge on any atom is 0.230 e. The molecule has 1 aromatic heterocycles. The second kappa shape index (κ2) is 3.44. The molecular formula is C7H6Cl2N2OS. The lowest BCUT2D eigenvalue weighted by Crippen LogP contribution is -2.24. The monoisotopic (exact) mass is 236 g/mol. The number of hydrogen-bond acceptors (Lipinski definition) is 3. The standard InChI is InChI=1S/C7H6Cl2N2OS/c8-4-1-6(12)11(3-4)7-10-2-5(9)13-7/h2,4H,1,3H2. The predicted octanol–water partition coefficient (Wildman–Crippen LogP) is 2.14. The number of hydrogen-bond donors (Lipinski definition) is 0. The molecule has 2 rings (SSSR count). The first-order valence-electron chi connectivity index (χ1n) is 3.72. The number of amides is 1. The minimum absolute atomic E-state index is 0.0195. The highest BCUT2D eigenvalue weighted by Gasteiger charge is 2.30. The van der Waals surface area contributed by atoms with Crippen LogP contribution in [0.5, 0.6) is 0 Å². The zero-order valence-electron chi connectivity index (χ0n) is 6.54. The Balaban J connectivity index is 2.22. The number of carbonyl (C=O) groups excluding carboxylic acids is 1. The predicted molar refractivity (Wildman–Crippen MR) is 53.7 cm³/mol. The minimum atomic E-state index is -0.102. The molecule has 2 heterocycles. The van der Waals surface area contributed by atoms with Gasteiger partial charge in [0.2, 0.25) is 5.91 Å². The summed E-state index contributed by atoms with van der Waals surface area (Å²) in [5.74, 6) is 0.0195. The molecule has 0 aromatic carbocycles. The summed E-state index contributed by atoms with van der Waals surface area (Å²) < 4.78 is 0.584. The molecule has 1 unspecified atom stereocenters. The van der Waals surface area contributed by atoms with Gasteiger partial charge in [-0.05, 0) is 0 Å². The number of nitrogens with zero attached hydrogens (tertiary/aromatic N) is 2. The van der Waals surface area contributed by atoms with E-state index in [-0.39, 0.29) is 11.3 Å². The first-order chi connectivity index (χ1) is 6.16. The molecule has 0 N–H and O–H groups in total. The number of thiazole rings is 1. The topological polar surface area (TPSA) is 33.2 Å². The number of halogens is 2. The molecule has 0 spiro atoms. The lowest BCUT2D eigenvalue weighted by Gasteiger charge is -2.10. The fourth-order valence-electron chi connectivity index (χ4n) is 1.22. The molecule has 13 heavy (non-hydrogen) atoms. The summed E-state index contributed by atoms with van der Waals surface area (Å²) in [5.41, 5.74) is 0. The van der Waals surface area contributed by atoms with Crippen molar-refractivity contribution in [2.75, 3.05) is 11.4 Å². The van der Waals surface area contributed by atoms with Gasteiger partial charge in [0.05, 0.1) is 11.6 Å². The van der Waals surface area contributed by atoms with E-state index >= 15 is 0 Å². The van der Waals surface area contributed by atoms with Crippen molar-refractivity contribution >= 4 is 45.6 Å². The molecule has 1 fully saturated rings. The minimum Gasteiger partial charge on any atom is -0.287 e. The van der Waals surface area contributed by atoms with Gasteiger partial charge in [-0.1, -0.05) is 22.9 Å². The highest BCUT2D eigenvalue weighted by molar-refractivity contribution is 7.19. The smallest absolute Gasteiger partial charge is 0.230 e. The van der Waals surface area contributed by atoms with E-state index in [0.29, 0.717) is 22.4 Å². The molecule has 0 saturated carbocycles. The third kappa shape index (κ3) is 1.80. The van der Waals surface area contributed by atoms with E-state index in [4.69, 9.17) is 23.2 Å². The van der Waals surface area contributed by atoms with E-state index in [1.807, 2.05) is 0 Å². The van der Waals surface area contributed by atoms with Crippen LogP contribution in [-0.4, -0.2) is 22.8 Å². The summed E-state index contributed by atoms with van der Waals surface area (Å²) in [4.78, 5) is 17.0. The van der Waals surface area contributed by atoms with Crippen molar-refractivity contribution in [3.05, 3.63) is 10.5 Å². The van der Waals surface area contributed by atoms with E-state index in [1.54, 1.807) is 4.90 Å². The van der Waals surface area contributed by atoms with Crippen molar-refractivity contribution in [2.24, 2.45) is 0 Å². The van der Waals surface area contributed by atoms with Gasteiger partial charge < -0.3 is 0 Å². The zero-order valence-corrected chi connectivity index (χ0v) is 8.86. The van der Waals surface area contributed by atoms with E-state index < -0.39 is 0 Å². The average Bonchev–Trinajstić information content (AvgIpc) is 2.58. The maximum atomic E-state index is 11.4. The quantitative estimate of drug-likeness (QED) is 0.701. The van der Waals surface area contributed by atoms with Gasteiger partial charge in [0.25, 0.3) is 0 Å². The Kier molecular flexibility index (Phi) is 2.45. The third-order valence-corrected chi connectivity index (χ3v) is 3.20. The van der Waals surface area contributed by atoms with E-state index in [0.717, 1.165) is 0 Å². The van der Waals surface area contributed by atoms with Crippen LogP contribution in [0.4, 0.5) is 5.13 Å². The number of alkyl halides is 1. The van der Waals surface area contributed by atoms with Crippen LogP contribution >= 0.6 is 34.5 Å². The molecule has 1 amide bonds. The Morgan fingerprint density at radius 3 is 2.92 bits per heavy atom. The molecule has 6 heteroatoms. The Morgan fingerprint density at radius 1 is 1.69 bits per heavy atom. The molecule has 0 aliphatic carbocycles. The normalized spacial score (nSPS) is 22.8. The van der Waals surface area contributed by atoms with E-state index in [9.17, 15) is 4.79 Å². The molecule has 3 nitrogen and oxygen atoms in total. The van der Waals surface area contributed by atoms with Crippen LogP contribution in [0.25, 0.3) is 0 Å². The summed E-state index contributed by atoms with van der Waals surface area (Å²) in [6, 6.07) is 0. The fourth-order valence-corrected chi connectivity index (χ4v) is 2.42. The van der Waals surface area contributed by atoms with Crippen LogP contribution in [0.2, 0.25) is 4.34 Å². The van der Waals surface area contributed by atoms with Crippen molar-refractivity contribution in [2.45, 2.75) is 11.8 Å². The van der Waals surface area contributed by atoms with Gasteiger partial charge in [-0.2, -0.15) is 0 Å². The van der Waals surface area contributed by atoms with Crippen LogP contribution in [0, 0.1) is 0 Å². The Hall–Kier alpha value is -0.320. The lowest BCUT2D eigenvalue weighted by atomic mass is 10.4. The summed E-state index contributed by atoms with van der Waals surface area (Å²) in [7, 11) is 0. The molecular weight excluding hydrogens is 231 g/mol. The molecule has 1 aromatic rings. The van der Waals surface area contributed by atoms with Crippen molar-refractivity contribution in [3.8, 4) is 0 Å². The molecule has 0 radical (unpaired) electrons. The van der Waals surface area contributed by atoms with E-state index in [1.165, 1.54) is 17.5 Å². The van der Waals surface area contributed by atoms with Gasteiger partial charge in [-0.3, -0.25) is 9.69 Å². The number of rotatable bonds is 1. The molecule has 1 aliphatic heterocycles. The maximum absolute atomic E-state index is 11.4. The lowest BCUT2D eigenvalue weighted by molar-refractivity contribution is -0.117. The van der Waals surface area contributed by atoms with Crippen LogP contribution < -0.4 is 4.90 Å². The summed E-state index contributed by atoms with van der Waals surface area (Å²) in [5, 5.41) is 0.535. The average molecular weight is 237 g/mol. The van der Waals surface area contributed by atoms with Crippen LogP contribution in [-0.2, 0) is 4.79 Å². The second-order valence-electron chi connectivity index (χ2n) is 2.75. The zero-order chi connectivity index (χ0) is 9.42. The highest BCUT2D eigenvalue weighted by Crippen LogP contribution is 2.30. The van der Waals surface area contributed by atoms with Gasteiger partial charge in [0, 0.05) is 13.0 Å². The Bertz CT molecular complexity index is 341. The number of carbonyl (C=O) groups is 1. The number of aromatic nitrogens is 1. The first-order valence-corrected chi connectivity index (χ1v) is 5.35. The Labute approximate surface area is 89.3 Å². The van der Waals surface area contributed by atoms with Gasteiger partial charge in [0.15, 0.2) is 5.13 Å². The molecule has 1 aliphatic rings. The second-order valence-corrected chi connectivity index (χ2v) is 5.01. The largest absolute Gasteiger partial charge is 0.287 e. The SMILES string of the molecule is O=C1CC(Cl)CN1c1ncc(Cl)s1. The Morgan fingerprint density at radius 2 is 2.46 bits per heavy atom. The molecule has 1 atom stereocenters. The summed E-state index contributed by atoms with van der Waals surface area (Å²) in [6.45, 7) is 0.532.